The van der Waals surface area contributed by atoms with Gasteiger partial charge < -0.3 is 20.3 Å². The predicted octanol–water partition coefficient (Wildman–Crippen LogP) is 1.37. The molecule has 0 bridgehead atoms. The van der Waals surface area contributed by atoms with E-state index in [9.17, 15) is 9.59 Å². The van der Waals surface area contributed by atoms with Crippen molar-refractivity contribution in [2.75, 3.05) is 26.7 Å². The number of halogens is 1. The Bertz CT molecular complexity index is 461. The van der Waals surface area contributed by atoms with E-state index in [1.807, 2.05) is 39.5 Å². The Kier molecular flexibility index (Phi) is 9.61. The number of nitrogens with one attached hydrogen (secondary N) is 2. The molecule has 1 amide bonds. The zero-order valence-electron chi connectivity index (χ0n) is 15.5. The molecule has 7 nitrogen and oxygen atoms in total. The quantitative estimate of drug-likeness (QED) is 0.290. The number of esters is 1. The number of rotatable bonds is 4. The van der Waals surface area contributed by atoms with Gasteiger partial charge in [0.15, 0.2) is 5.96 Å². The lowest BCUT2D eigenvalue weighted by Crippen LogP contribution is -2.47. The van der Waals surface area contributed by atoms with E-state index in [4.69, 9.17) is 4.74 Å². The van der Waals surface area contributed by atoms with E-state index < -0.39 is 5.60 Å². The summed E-state index contributed by atoms with van der Waals surface area (Å²) in [6, 6.07) is 0.141. The molecule has 0 aliphatic carbocycles. The van der Waals surface area contributed by atoms with Crippen LogP contribution in [0.15, 0.2) is 4.99 Å². The molecule has 1 heterocycles. The first-order chi connectivity index (χ1) is 10.6. The molecule has 8 heteroatoms. The highest BCUT2D eigenvalue weighted by Gasteiger charge is 2.28. The monoisotopic (exact) mass is 454 g/mol. The van der Waals surface area contributed by atoms with Crippen LogP contribution in [0.5, 0.6) is 0 Å². The number of nitrogens with zero attached hydrogens (tertiary/aromatic N) is 2. The smallest absolute Gasteiger partial charge is 0.325 e. The largest absolute Gasteiger partial charge is 0.459 e. The highest BCUT2D eigenvalue weighted by molar-refractivity contribution is 14.0. The van der Waals surface area contributed by atoms with Gasteiger partial charge in [-0.3, -0.25) is 14.6 Å². The molecule has 0 aromatic rings. The average Bonchev–Trinajstić information content (AvgIpc) is 2.88. The third-order valence-electron chi connectivity index (χ3n) is 3.38. The maximum atomic E-state index is 12.0. The number of carbonyl (C=O) groups is 2. The molecule has 0 saturated carbocycles. The van der Waals surface area contributed by atoms with Gasteiger partial charge in [-0.1, -0.05) is 13.8 Å². The van der Waals surface area contributed by atoms with E-state index in [0.29, 0.717) is 12.5 Å². The van der Waals surface area contributed by atoms with Gasteiger partial charge in [0, 0.05) is 32.1 Å². The number of likely N-dealkylation sites (tertiary alicyclic amines) is 1. The summed E-state index contributed by atoms with van der Waals surface area (Å²) < 4.78 is 5.24. The predicted molar refractivity (Wildman–Crippen MR) is 106 cm³/mol. The Morgan fingerprint density at radius 1 is 1.33 bits per heavy atom. The Morgan fingerprint density at radius 2 is 1.96 bits per heavy atom. The summed E-state index contributed by atoms with van der Waals surface area (Å²) in [5, 5.41) is 6.19. The number of amides is 1. The number of ether oxygens (including phenoxy) is 1. The van der Waals surface area contributed by atoms with E-state index in [0.717, 1.165) is 13.0 Å². The summed E-state index contributed by atoms with van der Waals surface area (Å²) in [4.78, 5) is 29.7. The molecule has 1 atom stereocenters. The second-order valence-corrected chi connectivity index (χ2v) is 7.08. The Labute approximate surface area is 162 Å². The molecule has 1 saturated heterocycles. The Hall–Kier alpha value is -1.06. The molecule has 0 aromatic heterocycles. The number of hydrogen-bond donors (Lipinski definition) is 2. The van der Waals surface area contributed by atoms with E-state index in [1.165, 1.54) is 0 Å². The molecule has 2 N–H and O–H groups in total. The summed E-state index contributed by atoms with van der Waals surface area (Å²) in [5.41, 5.74) is -0.501. The normalized spacial score (nSPS) is 18.2. The molecule has 1 unspecified atom stereocenters. The van der Waals surface area contributed by atoms with Crippen LogP contribution in [0.4, 0.5) is 0 Å². The molecule has 1 fully saturated rings. The molecular formula is C16H31IN4O3. The number of carbonyl (C=O) groups excluding carboxylic acids is 2. The fourth-order valence-corrected chi connectivity index (χ4v) is 2.36. The standard InChI is InChI=1S/C16H30N4O3.HI/c1-11(2)14(22)20-8-7-12(10-20)19-15(17-6)18-9-13(21)23-16(3,4)5;/h11-12H,7-10H2,1-6H3,(H2,17,18,19);1H. The lowest BCUT2D eigenvalue weighted by molar-refractivity contribution is -0.153. The lowest BCUT2D eigenvalue weighted by atomic mass is 10.2. The first-order valence-electron chi connectivity index (χ1n) is 8.10. The minimum Gasteiger partial charge on any atom is -0.459 e. The van der Waals surface area contributed by atoms with Gasteiger partial charge in [0.2, 0.25) is 5.91 Å². The van der Waals surface area contributed by atoms with Crippen LogP contribution in [0.25, 0.3) is 0 Å². The summed E-state index contributed by atoms with van der Waals surface area (Å²) in [7, 11) is 1.65. The van der Waals surface area contributed by atoms with Crippen molar-refractivity contribution in [3.8, 4) is 0 Å². The third kappa shape index (κ3) is 8.16. The van der Waals surface area contributed by atoms with Gasteiger partial charge in [0.25, 0.3) is 0 Å². The molecule has 140 valence electrons. The zero-order valence-corrected chi connectivity index (χ0v) is 17.8. The topological polar surface area (TPSA) is 83.0 Å². The first kappa shape index (κ1) is 22.9. The number of hydrogen-bond acceptors (Lipinski definition) is 4. The molecule has 1 rings (SSSR count). The highest BCUT2D eigenvalue weighted by atomic mass is 127. The van der Waals surface area contributed by atoms with Gasteiger partial charge in [-0.2, -0.15) is 0 Å². The van der Waals surface area contributed by atoms with Crippen LogP contribution in [0.1, 0.15) is 41.0 Å². The summed E-state index contributed by atoms with van der Waals surface area (Å²) >= 11 is 0. The van der Waals surface area contributed by atoms with Crippen LogP contribution in [-0.2, 0) is 14.3 Å². The van der Waals surface area contributed by atoms with Gasteiger partial charge in [-0.25, -0.2) is 0 Å². The van der Waals surface area contributed by atoms with E-state index in [1.54, 1.807) is 7.05 Å². The van der Waals surface area contributed by atoms with Crippen LogP contribution >= 0.6 is 24.0 Å². The number of guanidine groups is 1. The van der Waals surface area contributed by atoms with Gasteiger partial charge in [-0.15, -0.1) is 24.0 Å². The molecule has 0 aromatic carbocycles. The van der Waals surface area contributed by atoms with Crippen molar-refractivity contribution in [1.82, 2.24) is 15.5 Å². The SMILES string of the molecule is CN=C(NCC(=O)OC(C)(C)C)NC1CCN(C(=O)C(C)C)C1.I. The first-order valence-corrected chi connectivity index (χ1v) is 8.10. The molecule has 0 radical (unpaired) electrons. The third-order valence-corrected chi connectivity index (χ3v) is 3.38. The van der Waals surface area contributed by atoms with E-state index in [2.05, 4.69) is 15.6 Å². The summed E-state index contributed by atoms with van der Waals surface area (Å²) in [6.45, 7) is 10.8. The van der Waals surface area contributed by atoms with Gasteiger partial charge >= 0.3 is 5.97 Å². The van der Waals surface area contributed by atoms with Crippen molar-refractivity contribution in [1.29, 1.82) is 0 Å². The van der Waals surface area contributed by atoms with Crippen LogP contribution in [0, 0.1) is 5.92 Å². The zero-order chi connectivity index (χ0) is 17.6. The second-order valence-electron chi connectivity index (χ2n) is 7.08. The summed E-state index contributed by atoms with van der Waals surface area (Å²) in [6.07, 6.45) is 0.867. The van der Waals surface area contributed by atoms with Crippen molar-refractivity contribution in [2.45, 2.75) is 52.7 Å². The van der Waals surface area contributed by atoms with Crippen LogP contribution in [0.2, 0.25) is 0 Å². The van der Waals surface area contributed by atoms with Crippen molar-refractivity contribution in [2.24, 2.45) is 10.9 Å². The van der Waals surface area contributed by atoms with Crippen LogP contribution in [0.3, 0.4) is 0 Å². The Morgan fingerprint density at radius 3 is 2.46 bits per heavy atom. The summed E-state index contributed by atoms with van der Waals surface area (Å²) in [5.74, 6) is 0.396. The number of aliphatic imine (C=N–C) groups is 1. The minimum absolute atomic E-state index is 0. The van der Waals surface area contributed by atoms with Gasteiger partial charge in [-0.05, 0) is 27.2 Å². The molecule has 1 aliphatic rings. The van der Waals surface area contributed by atoms with Crippen molar-refractivity contribution < 1.29 is 14.3 Å². The van der Waals surface area contributed by atoms with E-state index in [-0.39, 0.29) is 54.4 Å². The van der Waals surface area contributed by atoms with Crippen molar-refractivity contribution in [3.05, 3.63) is 0 Å². The van der Waals surface area contributed by atoms with Crippen molar-refractivity contribution >= 4 is 41.8 Å². The van der Waals surface area contributed by atoms with Gasteiger partial charge in [0.1, 0.15) is 12.1 Å². The minimum atomic E-state index is -0.501. The maximum absolute atomic E-state index is 12.0. The van der Waals surface area contributed by atoms with E-state index >= 15 is 0 Å². The molecular weight excluding hydrogens is 423 g/mol. The fraction of sp³-hybridized carbons (Fsp3) is 0.812. The molecule has 24 heavy (non-hydrogen) atoms. The van der Waals surface area contributed by atoms with Crippen molar-refractivity contribution in [3.63, 3.8) is 0 Å². The van der Waals surface area contributed by atoms with Crippen LogP contribution < -0.4 is 10.6 Å². The average molecular weight is 454 g/mol. The highest BCUT2D eigenvalue weighted by Crippen LogP contribution is 2.12. The maximum Gasteiger partial charge on any atom is 0.325 e. The van der Waals surface area contributed by atoms with Crippen LogP contribution in [-0.4, -0.2) is 61.1 Å². The lowest BCUT2D eigenvalue weighted by Gasteiger charge is -2.21. The Balaban J connectivity index is 0.00000529. The van der Waals surface area contributed by atoms with Gasteiger partial charge in [0.05, 0.1) is 0 Å². The molecule has 1 aliphatic heterocycles. The fourth-order valence-electron chi connectivity index (χ4n) is 2.36. The molecule has 0 spiro atoms. The second kappa shape index (κ2) is 10.0.